The quantitative estimate of drug-likeness (QED) is 0.555. The highest BCUT2D eigenvalue weighted by molar-refractivity contribution is 5.95. The number of pyridine rings is 1. The molecule has 40 heavy (non-hydrogen) atoms. The smallest absolute Gasteiger partial charge is 0.369 e. The van der Waals surface area contributed by atoms with Gasteiger partial charge >= 0.3 is 6.18 Å². The maximum absolute atomic E-state index is 14.1. The number of halogens is 3. The van der Waals surface area contributed by atoms with Crippen molar-refractivity contribution in [3.05, 3.63) is 58.8 Å². The van der Waals surface area contributed by atoms with E-state index in [1.807, 2.05) is 19.1 Å². The fourth-order valence-corrected chi connectivity index (χ4v) is 5.94. The molecule has 2 saturated heterocycles. The third-order valence-corrected chi connectivity index (χ3v) is 8.37. The Bertz CT molecular complexity index is 1220. The van der Waals surface area contributed by atoms with Gasteiger partial charge in [0.2, 0.25) is 0 Å². The van der Waals surface area contributed by atoms with Crippen LogP contribution >= 0.6 is 0 Å². The molecule has 3 heterocycles. The lowest BCUT2D eigenvalue weighted by Crippen LogP contribution is -2.57. The third-order valence-electron chi connectivity index (χ3n) is 8.37. The second kappa shape index (κ2) is 11.8. The van der Waals surface area contributed by atoms with Crippen molar-refractivity contribution in [3.8, 4) is 0 Å². The van der Waals surface area contributed by atoms with Gasteiger partial charge in [-0.1, -0.05) is 29.8 Å². The summed E-state index contributed by atoms with van der Waals surface area (Å²) >= 11 is 0. The Balaban J connectivity index is 1.30. The van der Waals surface area contributed by atoms with Crippen LogP contribution in [0.25, 0.3) is 0 Å². The van der Waals surface area contributed by atoms with Crippen molar-refractivity contribution < 1.29 is 27.9 Å². The normalized spacial score (nSPS) is 18.9. The van der Waals surface area contributed by atoms with Gasteiger partial charge in [0.1, 0.15) is 5.82 Å². The summed E-state index contributed by atoms with van der Waals surface area (Å²) < 4.78 is 42.2. The lowest BCUT2D eigenvalue weighted by atomic mass is 9.82. The lowest BCUT2D eigenvalue weighted by Gasteiger charge is -2.40. The van der Waals surface area contributed by atoms with Crippen LogP contribution in [0, 0.1) is 25.7 Å². The number of carbonyl (C=O) groups excluding carboxylic acids is 2. The summed E-state index contributed by atoms with van der Waals surface area (Å²) in [6.07, 6.45) is -0.942. The molecule has 2 amide bonds. The molecule has 4 rings (SSSR count). The van der Waals surface area contributed by atoms with Crippen LogP contribution in [0.3, 0.4) is 0 Å². The zero-order valence-electron chi connectivity index (χ0n) is 23.7. The van der Waals surface area contributed by atoms with Crippen LogP contribution < -0.4 is 4.90 Å². The molecule has 0 radical (unpaired) electrons. The van der Waals surface area contributed by atoms with Crippen molar-refractivity contribution >= 4 is 17.6 Å². The molecule has 7 nitrogen and oxygen atoms in total. The highest BCUT2D eigenvalue weighted by Crippen LogP contribution is 2.42. The van der Waals surface area contributed by atoms with Gasteiger partial charge in [0.15, 0.2) is 0 Å². The van der Waals surface area contributed by atoms with E-state index in [-0.39, 0.29) is 19.0 Å². The Kier molecular flexibility index (Phi) is 8.77. The van der Waals surface area contributed by atoms with Gasteiger partial charge in [-0.2, -0.15) is 13.2 Å². The molecule has 1 atom stereocenters. The molecule has 1 unspecified atom stereocenters. The first-order valence-electron chi connectivity index (χ1n) is 13.9. The topological polar surface area (TPSA) is 77.0 Å². The molecule has 2 aliphatic heterocycles. The van der Waals surface area contributed by atoms with E-state index in [1.165, 1.54) is 21.9 Å². The Labute approximate surface area is 234 Å². The van der Waals surface area contributed by atoms with Crippen molar-refractivity contribution in [2.45, 2.75) is 57.7 Å². The van der Waals surface area contributed by atoms with Gasteiger partial charge in [0.25, 0.3) is 17.4 Å². The standard InChI is InChI=1S/C30H39F3N4O3/c1-20-6-5-7-24(18-20)29(40,30(31,32)33)28(39)37-16-12-23(13-17-37)19-22-10-14-36(15-11-22)26-9-8-25(21(2)34-26)27(38)35(3)4/h5-9,18,22-23,40H,10-17,19H2,1-4H3. The minimum Gasteiger partial charge on any atom is -0.369 e. The lowest BCUT2D eigenvalue weighted by molar-refractivity contribution is -0.262. The summed E-state index contributed by atoms with van der Waals surface area (Å²) in [6, 6.07) is 9.16. The number of aromatic nitrogens is 1. The predicted octanol–water partition coefficient (Wildman–Crippen LogP) is 4.70. The number of likely N-dealkylation sites (tertiary alicyclic amines) is 1. The van der Waals surface area contributed by atoms with E-state index >= 15 is 0 Å². The summed E-state index contributed by atoms with van der Waals surface area (Å²) in [7, 11) is 3.44. The van der Waals surface area contributed by atoms with Crippen LogP contribution in [-0.4, -0.2) is 78.2 Å². The van der Waals surface area contributed by atoms with E-state index in [1.54, 1.807) is 27.1 Å². The minimum atomic E-state index is -5.13. The van der Waals surface area contributed by atoms with Crippen molar-refractivity contribution in [2.75, 3.05) is 45.2 Å². The number of rotatable bonds is 6. The largest absolute Gasteiger partial charge is 0.430 e. The molecular formula is C30H39F3N4O3. The molecule has 1 N–H and O–H groups in total. The minimum absolute atomic E-state index is 0.0683. The second-order valence-electron chi connectivity index (χ2n) is 11.5. The Morgan fingerprint density at radius 3 is 2.10 bits per heavy atom. The number of hydrogen-bond acceptors (Lipinski definition) is 5. The zero-order chi connectivity index (χ0) is 29.2. The number of benzene rings is 1. The van der Waals surface area contributed by atoms with E-state index in [4.69, 9.17) is 0 Å². The number of piperidine rings is 2. The molecule has 2 fully saturated rings. The second-order valence-corrected chi connectivity index (χ2v) is 11.5. The van der Waals surface area contributed by atoms with Crippen LogP contribution in [0.15, 0.2) is 36.4 Å². The number of amides is 2. The maximum atomic E-state index is 14.1. The van der Waals surface area contributed by atoms with Gasteiger partial charge < -0.3 is 19.8 Å². The van der Waals surface area contributed by atoms with Crippen LogP contribution in [0.4, 0.5) is 19.0 Å². The number of carbonyl (C=O) groups is 2. The van der Waals surface area contributed by atoms with Crippen molar-refractivity contribution in [1.82, 2.24) is 14.8 Å². The van der Waals surface area contributed by atoms with Crippen molar-refractivity contribution in [1.29, 1.82) is 0 Å². The van der Waals surface area contributed by atoms with Crippen LogP contribution in [0.5, 0.6) is 0 Å². The molecule has 10 heteroatoms. The third kappa shape index (κ3) is 6.11. The van der Waals surface area contributed by atoms with E-state index in [9.17, 15) is 27.9 Å². The molecule has 1 aromatic heterocycles. The molecule has 0 spiro atoms. The first kappa shape index (κ1) is 29.8. The van der Waals surface area contributed by atoms with Crippen LogP contribution in [0.2, 0.25) is 0 Å². The Morgan fingerprint density at radius 2 is 1.57 bits per heavy atom. The summed E-state index contributed by atoms with van der Waals surface area (Å²) in [5.74, 6) is 0.331. The zero-order valence-corrected chi connectivity index (χ0v) is 23.7. The van der Waals surface area contributed by atoms with Crippen LogP contribution in [-0.2, 0) is 10.4 Å². The molecule has 218 valence electrons. The average Bonchev–Trinajstić information content (AvgIpc) is 2.92. The van der Waals surface area contributed by atoms with E-state index < -0.39 is 23.2 Å². The first-order chi connectivity index (χ1) is 18.8. The molecule has 0 saturated carbocycles. The summed E-state index contributed by atoms with van der Waals surface area (Å²) in [4.78, 5) is 35.0. The molecule has 1 aromatic carbocycles. The van der Waals surface area contributed by atoms with Gasteiger partial charge in [-0.05, 0) is 69.9 Å². The van der Waals surface area contributed by atoms with E-state index in [2.05, 4.69) is 9.88 Å². The van der Waals surface area contributed by atoms with Crippen molar-refractivity contribution in [3.63, 3.8) is 0 Å². The van der Waals surface area contributed by atoms with Crippen molar-refractivity contribution in [2.24, 2.45) is 11.8 Å². The molecular weight excluding hydrogens is 521 g/mol. The first-order valence-corrected chi connectivity index (χ1v) is 13.9. The predicted molar refractivity (Wildman–Crippen MR) is 147 cm³/mol. The number of aliphatic hydroxyl groups is 1. The van der Waals surface area contributed by atoms with Gasteiger partial charge in [0, 0.05) is 45.8 Å². The number of aryl methyl sites for hydroxylation is 2. The molecule has 0 bridgehead atoms. The summed E-state index contributed by atoms with van der Waals surface area (Å²) in [5.41, 5.74) is -2.15. The SMILES string of the molecule is Cc1cccc(C(O)(C(=O)N2CCC(CC3CCN(c4ccc(C(=O)N(C)C)c(C)n4)CC3)CC2)C(F)(F)F)c1. The molecule has 2 aliphatic rings. The van der Waals surface area contributed by atoms with Gasteiger partial charge in [-0.25, -0.2) is 4.98 Å². The number of hydrogen-bond donors (Lipinski definition) is 1. The summed E-state index contributed by atoms with van der Waals surface area (Å²) in [5, 5.41) is 10.7. The number of anilines is 1. The fourth-order valence-electron chi connectivity index (χ4n) is 5.94. The average molecular weight is 561 g/mol. The van der Waals surface area contributed by atoms with E-state index in [0.29, 0.717) is 41.5 Å². The number of nitrogens with zero attached hydrogens (tertiary/aromatic N) is 4. The van der Waals surface area contributed by atoms with Gasteiger partial charge in [0.05, 0.1) is 11.3 Å². The summed E-state index contributed by atoms with van der Waals surface area (Å²) in [6.45, 7) is 5.58. The Hall–Kier alpha value is -3.14. The maximum Gasteiger partial charge on any atom is 0.430 e. The number of alkyl halides is 3. The fraction of sp³-hybridized carbons (Fsp3) is 0.567. The van der Waals surface area contributed by atoms with Gasteiger partial charge in [-0.15, -0.1) is 0 Å². The monoisotopic (exact) mass is 560 g/mol. The molecule has 2 aromatic rings. The van der Waals surface area contributed by atoms with Gasteiger partial charge in [-0.3, -0.25) is 9.59 Å². The van der Waals surface area contributed by atoms with Crippen LogP contribution in [0.1, 0.15) is 59.3 Å². The highest BCUT2D eigenvalue weighted by Gasteiger charge is 2.62. The van der Waals surface area contributed by atoms with E-state index in [0.717, 1.165) is 44.2 Å². The highest BCUT2D eigenvalue weighted by atomic mass is 19.4. The molecule has 0 aliphatic carbocycles. The Morgan fingerprint density at radius 1 is 0.975 bits per heavy atom.